The van der Waals surface area contributed by atoms with Crippen LogP contribution in [0.1, 0.15) is 47.8 Å². The minimum absolute atomic E-state index is 0.0670. The van der Waals surface area contributed by atoms with E-state index in [2.05, 4.69) is 4.99 Å². The zero-order chi connectivity index (χ0) is 26.1. The molecule has 3 aromatic rings. The number of hydrogen-bond acceptors (Lipinski definition) is 4. The van der Waals surface area contributed by atoms with Gasteiger partial charge in [0.25, 0.3) is 5.91 Å². The van der Waals surface area contributed by atoms with E-state index in [4.69, 9.17) is 4.74 Å². The second-order valence-electron chi connectivity index (χ2n) is 7.29. The van der Waals surface area contributed by atoms with Crippen LogP contribution >= 0.6 is 11.3 Å². The lowest BCUT2D eigenvalue weighted by atomic mass is 10.0. The predicted molar refractivity (Wildman–Crippen MR) is 114 cm³/mol. The molecular formula is C22H18F6N2O4S. The summed E-state index contributed by atoms with van der Waals surface area (Å²) in [5, 5.41) is 9.65. The Morgan fingerprint density at radius 2 is 1.63 bits per heavy atom. The van der Waals surface area contributed by atoms with Crippen molar-refractivity contribution in [2.75, 3.05) is 6.61 Å². The quantitative estimate of drug-likeness (QED) is 0.410. The number of thiazole rings is 1. The number of carboxylic acids is 1. The molecule has 2 aromatic carbocycles. The fourth-order valence-corrected chi connectivity index (χ4v) is 4.45. The molecule has 0 aliphatic carbocycles. The largest absolute Gasteiger partial charge is 0.494 e. The monoisotopic (exact) mass is 520 g/mol. The molecule has 188 valence electrons. The van der Waals surface area contributed by atoms with Crippen molar-refractivity contribution in [3.63, 3.8) is 0 Å². The molecule has 0 saturated carbocycles. The molecule has 0 spiro atoms. The van der Waals surface area contributed by atoms with Crippen LogP contribution in [0.5, 0.6) is 5.75 Å². The molecule has 0 radical (unpaired) electrons. The first-order chi connectivity index (χ1) is 16.3. The molecule has 1 amide bonds. The Hall–Kier alpha value is -3.35. The number of ether oxygens (including phenoxy) is 1. The molecule has 1 unspecified atom stereocenters. The number of carboxylic acid groups (broad SMARTS) is 1. The maximum absolute atomic E-state index is 13.2. The summed E-state index contributed by atoms with van der Waals surface area (Å²) in [6.45, 7) is 3.66. The Morgan fingerprint density at radius 1 is 1.03 bits per heavy atom. The summed E-state index contributed by atoms with van der Waals surface area (Å²) in [7, 11) is 0. The van der Waals surface area contributed by atoms with Gasteiger partial charge in [0.15, 0.2) is 4.80 Å². The van der Waals surface area contributed by atoms with Gasteiger partial charge in [0.1, 0.15) is 11.8 Å². The van der Waals surface area contributed by atoms with Crippen LogP contribution in [0.2, 0.25) is 0 Å². The van der Waals surface area contributed by atoms with Gasteiger partial charge in [-0.2, -0.15) is 31.3 Å². The van der Waals surface area contributed by atoms with Gasteiger partial charge in [-0.1, -0.05) is 18.3 Å². The molecule has 0 saturated heterocycles. The number of rotatable bonds is 6. The lowest BCUT2D eigenvalue weighted by Crippen LogP contribution is -2.27. The van der Waals surface area contributed by atoms with Gasteiger partial charge in [-0.25, -0.2) is 4.79 Å². The number of hydrogen-bond donors (Lipinski definition) is 1. The number of amides is 1. The Balaban J connectivity index is 2.26. The van der Waals surface area contributed by atoms with Crippen molar-refractivity contribution >= 4 is 33.4 Å². The first kappa shape index (κ1) is 26.3. The van der Waals surface area contributed by atoms with E-state index in [1.54, 1.807) is 26.0 Å². The molecule has 3 rings (SSSR count). The molecule has 1 N–H and O–H groups in total. The number of fused-ring (bicyclic) bond motifs is 1. The number of halogens is 6. The van der Waals surface area contributed by atoms with Crippen LogP contribution in [0.3, 0.4) is 0 Å². The van der Waals surface area contributed by atoms with Crippen molar-refractivity contribution in [3.05, 3.63) is 57.9 Å². The van der Waals surface area contributed by atoms with Gasteiger partial charge in [-0.15, -0.1) is 0 Å². The second-order valence-corrected chi connectivity index (χ2v) is 8.30. The van der Waals surface area contributed by atoms with E-state index in [9.17, 15) is 41.0 Å². The highest BCUT2D eigenvalue weighted by Gasteiger charge is 2.37. The molecule has 1 atom stereocenters. The Morgan fingerprint density at radius 3 is 2.11 bits per heavy atom. The fraction of sp³-hybridized carbons (Fsp3) is 0.318. The number of aliphatic carboxylic acids is 1. The predicted octanol–water partition coefficient (Wildman–Crippen LogP) is 5.92. The van der Waals surface area contributed by atoms with Crippen LogP contribution in [0.15, 0.2) is 41.4 Å². The number of benzene rings is 2. The van der Waals surface area contributed by atoms with Gasteiger partial charge in [-0.05, 0) is 49.7 Å². The summed E-state index contributed by atoms with van der Waals surface area (Å²) in [4.78, 5) is 28.2. The molecule has 1 heterocycles. The van der Waals surface area contributed by atoms with Crippen molar-refractivity contribution in [2.45, 2.75) is 38.7 Å². The standard InChI is InChI=1S/C22H18F6N2O4S/c1-3-15(19(32)33)30-16-6-5-14(34-4-2)10-17(16)35-20(30)29-18(31)11-7-12(21(23,24)25)9-13(8-11)22(26,27)28/h5-10,15H,3-4H2,1-2H3,(H,32,33). The summed E-state index contributed by atoms with van der Waals surface area (Å²) >= 11 is 0.855. The molecule has 6 nitrogen and oxygen atoms in total. The SMILES string of the molecule is CCOc1ccc2c(c1)sc(=NC(=O)c1cc(C(F)(F)F)cc(C(F)(F)F)c1)n2C(CC)C(=O)O. The zero-order valence-electron chi connectivity index (χ0n) is 18.2. The Labute approximate surface area is 198 Å². The average Bonchev–Trinajstić information content (AvgIpc) is 3.09. The highest BCUT2D eigenvalue weighted by Crippen LogP contribution is 2.36. The molecule has 0 fully saturated rings. The topological polar surface area (TPSA) is 80.9 Å². The lowest BCUT2D eigenvalue weighted by Gasteiger charge is -2.14. The van der Waals surface area contributed by atoms with Crippen molar-refractivity contribution in [3.8, 4) is 5.75 Å². The summed E-state index contributed by atoms with van der Waals surface area (Å²) in [6.07, 6.45) is -10.2. The summed E-state index contributed by atoms with van der Waals surface area (Å²) < 4.78 is 86.2. The summed E-state index contributed by atoms with van der Waals surface area (Å²) in [5.41, 5.74) is -3.89. The van der Waals surface area contributed by atoms with Crippen molar-refractivity contribution in [1.29, 1.82) is 0 Å². The minimum atomic E-state index is -5.14. The van der Waals surface area contributed by atoms with E-state index in [1.165, 1.54) is 10.6 Å². The van der Waals surface area contributed by atoms with Gasteiger partial charge in [0.2, 0.25) is 0 Å². The fourth-order valence-electron chi connectivity index (χ4n) is 3.36. The van der Waals surface area contributed by atoms with Crippen LogP contribution in [0, 0.1) is 0 Å². The van der Waals surface area contributed by atoms with Gasteiger partial charge in [0, 0.05) is 5.56 Å². The third-order valence-electron chi connectivity index (χ3n) is 4.92. The van der Waals surface area contributed by atoms with Crippen LogP contribution in [0.4, 0.5) is 26.3 Å². The first-order valence-corrected chi connectivity index (χ1v) is 11.0. The molecule has 35 heavy (non-hydrogen) atoms. The van der Waals surface area contributed by atoms with E-state index >= 15 is 0 Å². The Bertz CT molecular complexity index is 1310. The Kier molecular flexibility index (Phi) is 7.29. The summed E-state index contributed by atoms with van der Waals surface area (Å²) in [6, 6.07) is 3.95. The lowest BCUT2D eigenvalue weighted by molar-refractivity contribution is -0.143. The maximum atomic E-state index is 13.2. The van der Waals surface area contributed by atoms with Gasteiger partial charge in [-0.3, -0.25) is 4.79 Å². The number of carbonyl (C=O) groups is 2. The van der Waals surface area contributed by atoms with Crippen LogP contribution in [0.25, 0.3) is 10.2 Å². The molecule has 0 aliphatic heterocycles. The molecule has 13 heteroatoms. The van der Waals surface area contributed by atoms with Crippen LogP contribution in [-0.2, 0) is 17.1 Å². The minimum Gasteiger partial charge on any atom is -0.494 e. The molecule has 0 aliphatic rings. The van der Waals surface area contributed by atoms with Crippen molar-refractivity contribution in [2.24, 2.45) is 4.99 Å². The van der Waals surface area contributed by atoms with E-state index in [0.29, 0.717) is 22.6 Å². The van der Waals surface area contributed by atoms with E-state index < -0.39 is 47.0 Å². The van der Waals surface area contributed by atoms with E-state index in [1.807, 2.05) is 0 Å². The number of nitrogens with zero attached hydrogens (tertiary/aromatic N) is 2. The smallest absolute Gasteiger partial charge is 0.416 e. The summed E-state index contributed by atoms with van der Waals surface area (Å²) in [5.74, 6) is -2.19. The highest BCUT2D eigenvalue weighted by atomic mass is 32.1. The number of carbonyl (C=O) groups excluding carboxylic acids is 1. The van der Waals surface area contributed by atoms with Gasteiger partial charge >= 0.3 is 18.3 Å². The molecule has 0 bridgehead atoms. The number of aromatic nitrogens is 1. The highest BCUT2D eigenvalue weighted by molar-refractivity contribution is 7.16. The molecular weight excluding hydrogens is 502 g/mol. The average molecular weight is 520 g/mol. The third kappa shape index (κ3) is 5.66. The van der Waals surface area contributed by atoms with Gasteiger partial charge < -0.3 is 14.4 Å². The zero-order valence-corrected chi connectivity index (χ0v) is 19.0. The van der Waals surface area contributed by atoms with E-state index in [-0.39, 0.29) is 29.4 Å². The number of alkyl halides is 6. The van der Waals surface area contributed by atoms with Crippen LogP contribution < -0.4 is 9.54 Å². The van der Waals surface area contributed by atoms with Gasteiger partial charge in [0.05, 0.1) is 28.0 Å². The second kappa shape index (κ2) is 9.72. The molecule has 1 aromatic heterocycles. The third-order valence-corrected chi connectivity index (χ3v) is 5.94. The van der Waals surface area contributed by atoms with Crippen LogP contribution in [-0.4, -0.2) is 28.2 Å². The van der Waals surface area contributed by atoms with Crippen molar-refractivity contribution in [1.82, 2.24) is 4.57 Å². The van der Waals surface area contributed by atoms with Crippen molar-refractivity contribution < 1.29 is 45.8 Å². The maximum Gasteiger partial charge on any atom is 0.416 e. The first-order valence-electron chi connectivity index (χ1n) is 10.2. The van der Waals surface area contributed by atoms with E-state index in [0.717, 1.165) is 11.3 Å². The normalized spacial score (nSPS) is 13.8.